The van der Waals surface area contributed by atoms with Crippen LogP contribution in [0.15, 0.2) is 10.9 Å². The second-order valence-corrected chi connectivity index (χ2v) is 8.68. The van der Waals surface area contributed by atoms with Gasteiger partial charge in [-0.3, -0.25) is 9.59 Å². The summed E-state index contributed by atoms with van der Waals surface area (Å²) in [7, 11) is 1.93. The molecule has 2 saturated heterocycles. The Morgan fingerprint density at radius 3 is 2.92 bits per heavy atom. The number of likely N-dealkylation sites (N-methyl/N-ethyl adjacent to an activating group) is 1. The summed E-state index contributed by atoms with van der Waals surface area (Å²) in [5.74, 6) is 2.79. The van der Waals surface area contributed by atoms with E-state index >= 15 is 0 Å². The maximum atomic E-state index is 12.3. The summed E-state index contributed by atoms with van der Waals surface area (Å²) in [4.78, 5) is 28.4. The molecule has 4 rings (SSSR count). The van der Waals surface area contributed by atoms with E-state index in [1.54, 1.807) is 10.7 Å². The van der Waals surface area contributed by atoms with E-state index < -0.39 is 0 Å². The van der Waals surface area contributed by atoms with Crippen molar-refractivity contribution in [1.29, 1.82) is 0 Å². The molecule has 6 nitrogen and oxygen atoms in total. The molecule has 0 spiro atoms. The van der Waals surface area contributed by atoms with Gasteiger partial charge in [-0.15, -0.1) is 0 Å². The third kappa shape index (κ3) is 3.62. The van der Waals surface area contributed by atoms with Gasteiger partial charge in [0.15, 0.2) is 0 Å². The fraction of sp³-hybridized carbons (Fsp3) is 0.722. The molecule has 1 amide bonds. The summed E-state index contributed by atoms with van der Waals surface area (Å²) in [6, 6.07) is 2.14. The number of thioether (sulfide) groups is 1. The van der Waals surface area contributed by atoms with Crippen molar-refractivity contribution in [3.8, 4) is 0 Å². The van der Waals surface area contributed by atoms with Crippen molar-refractivity contribution in [2.24, 2.45) is 5.92 Å². The Morgan fingerprint density at radius 2 is 2.08 bits per heavy atom. The molecule has 3 aliphatic heterocycles. The van der Waals surface area contributed by atoms with Crippen LogP contribution in [-0.2, 0) is 23.5 Å². The maximum absolute atomic E-state index is 12.3. The highest BCUT2D eigenvalue weighted by Gasteiger charge is 2.33. The van der Waals surface area contributed by atoms with Gasteiger partial charge in [0.2, 0.25) is 5.91 Å². The van der Waals surface area contributed by atoms with E-state index in [0.717, 1.165) is 68.2 Å². The van der Waals surface area contributed by atoms with Crippen LogP contribution in [0.3, 0.4) is 0 Å². The zero-order valence-electron chi connectivity index (χ0n) is 14.8. The summed E-state index contributed by atoms with van der Waals surface area (Å²) < 4.78 is 1.67. The van der Waals surface area contributed by atoms with Crippen LogP contribution in [0.2, 0.25) is 0 Å². The monoisotopic (exact) mass is 362 g/mol. The average Bonchev–Trinajstić information content (AvgIpc) is 2.57. The molecule has 3 aliphatic rings. The number of aromatic nitrogens is 2. The van der Waals surface area contributed by atoms with Gasteiger partial charge in [-0.25, -0.2) is 4.68 Å². The predicted molar refractivity (Wildman–Crippen MR) is 98.7 cm³/mol. The lowest BCUT2D eigenvalue weighted by Crippen LogP contribution is -2.55. The molecule has 1 unspecified atom stereocenters. The van der Waals surface area contributed by atoms with Crippen LogP contribution in [0.5, 0.6) is 0 Å². The molecular formula is C18H26N4O2S. The third-order valence-corrected chi connectivity index (χ3v) is 6.71. The van der Waals surface area contributed by atoms with E-state index in [9.17, 15) is 9.59 Å². The predicted octanol–water partition coefficient (Wildman–Crippen LogP) is 0.975. The zero-order valence-corrected chi connectivity index (χ0v) is 15.6. The topological polar surface area (TPSA) is 58.4 Å². The van der Waals surface area contributed by atoms with Gasteiger partial charge in [-0.1, -0.05) is 0 Å². The molecule has 0 aliphatic carbocycles. The number of nitrogens with zero attached hydrogens (tertiary/aromatic N) is 4. The largest absolute Gasteiger partial charge is 0.341 e. The number of fused-ring (bicyclic) bond motifs is 1. The number of rotatable bonds is 4. The van der Waals surface area contributed by atoms with Gasteiger partial charge in [-0.2, -0.15) is 16.9 Å². The number of hydrogen-bond donors (Lipinski definition) is 0. The van der Waals surface area contributed by atoms with Crippen molar-refractivity contribution in [2.75, 3.05) is 32.4 Å². The fourth-order valence-electron chi connectivity index (χ4n) is 4.14. The Bertz CT molecular complexity index is 714. The number of amides is 1. The van der Waals surface area contributed by atoms with Crippen LogP contribution in [0, 0.1) is 5.92 Å². The van der Waals surface area contributed by atoms with Crippen molar-refractivity contribution in [3.63, 3.8) is 0 Å². The van der Waals surface area contributed by atoms with E-state index in [0.29, 0.717) is 18.4 Å². The molecular weight excluding hydrogens is 336 g/mol. The number of carbonyl (C=O) groups is 1. The number of aryl methyl sites for hydroxylation is 1. The van der Waals surface area contributed by atoms with Crippen LogP contribution >= 0.6 is 11.8 Å². The summed E-state index contributed by atoms with van der Waals surface area (Å²) in [6.07, 6.45) is 3.78. The normalized spacial score (nSPS) is 24.9. The van der Waals surface area contributed by atoms with Crippen molar-refractivity contribution in [3.05, 3.63) is 27.7 Å². The minimum atomic E-state index is 0.0392. The van der Waals surface area contributed by atoms with E-state index in [1.807, 2.05) is 23.7 Å². The third-order valence-electron chi connectivity index (χ3n) is 5.71. The standard InChI is InChI=1S/C18H26N4O2S/c1-20-15(3-2-4-17(20)23)11-21-8-13(9-21)10-22-18(24)7-14-12-25-6-5-16(14)19-22/h7,13,15H,2-6,8-12H2,1H3. The molecule has 0 bridgehead atoms. The molecule has 1 atom stereocenters. The molecule has 25 heavy (non-hydrogen) atoms. The van der Waals surface area contributed by atoms with Crippen LogP contribution < -0.4 is 5.56 Å². The van der Waals surface area contributed by atoms with Gasteiger partial charge in [0.25, 0.3) is 5.56 Å². The zero-order chi connectivity index (χ0) is 17.4. The number of hydrogen-bond acceptors (Lipinski definition) is 5. The van der Waals surface area contributed by atoms with Crippen molar-refractivity contribution >= 4 is 17.7 Å². The van der Waals surface area contributed by atoms with Gasteiger partial charge in [-0.05, 0) is 24.2 Å². The highest BCUT2D eigenvalue weighted by atomic mass is 32.2. The van der Waals surface area contributed by atoms with Gasteiger partial charge in [0.05, 0.1) is 12.2 Å². The van der Waals surface area contributed by atoms with Crippen molar-refractivity contribution in [1.82, 2.24) is 19.6 Å². The van der Waals surface area contributed by atoms with E-state index in [1.165, 1.54) is 0 Å². The minimum Gasteiger partial charge on any atom is -0.341 e. The van der Waals surface area contributed by atoms with Crippen molar-refractivity contribution in [2.45, 2.75) is 44.0 Å². The lowest BCUT2D eigenvalue weighted by Gasteiger charge is -2.44. The highest BCUT2D eigenvalue weighted by molar-refractivity contribution is 7.98. The quantitative estimate of drug-likeness (QED) is 0.799. The van der Waals surface area contributed by atoms with Gasteiger partial charge in [0.1, 0.15) is 0 Å². The first-order valence-corrected chi connectivity index (χ1v) is 10.4. The first-order valence-electron chi connectivity index (χ1n) is 9.26. The lowest BCUT2D eigenvalue weighted by atomic mass is 9.96. The molecule has 136 valence electrons. The van der Waals surface area contributed by atoms with Crippen LogP contribution in [0.1, 0.15) is 30.5 Å². The van der Waals surface area contributed by atoms with Crippen LogP contribution in [-0.4, -0.2) is 64.0 Å². The molecule has 1 aromatic rings. The van der Waals surface area contributed by atoms with Gasteiger partial charge < -0.3 is 9.80 Å². The number of carbonyl (C=O) groups excluding carboxylic acids is 1. The Morgan fingerprint density at radius 1 is 1.24 bits per heavy atom. The molecule has 4 heterocycles. The second kappa shape index (κ2) is 7.11. The Labute approximate surface area is 152 Å². The summed E-state index contributed by atoms with van der Waals surface area (Å²) in [5.41, 5.74) is 2.27. The molecule has 7 heteroatoms. The van der Waals surface area contributed by atoms with E-state index in [2.05, 4.69) is 10.00 Å². The molecule has 1 aromatic heterocycles. The smallest absolute Gasteiger partial charge is 0.267 e. The van der Waals surface area contributed by atoms with Gasteiger partial charge >= 0.3 is 0 Å². The lowest BCUT2D eigenvalue weighted by molar-refractivity contribution is -0.135. The molecule has 0 N–H and O–H groups in total. The SMILES string of the molecule is CN1C(=O)CCCC1CN1CC(Cn2nc3c(cc2=O)CSCC3)C1. The first-order chi connectivity index (χ1) is 12.1. The van der Waals surface area contributed by atoms with Crippen molar-refractivity contribution < 1.29 is 4.79 Å². The van der Waals surface area contributed by atoms with E-state index in [-0.39, 0.29) is 11.5 Å². The van der Waals surface area contributed by atoms with Gasteiger partial charge in [0, 0.05) is 63.3 Å². The highest BCUT2D eigenvalue weighted by Crippen LogP contribution is 2.24. The average molecular weight is 362 g/mol. The van der Waals surface area contributed by atoms with Crippen LogP contribution in [0.25, 0.3) is 0 Å². The number of likely N-dealkylation sites (tertiary alicyclic amines) is 2. The molecule has 0 saturated carbocycles. The minimum absolute atomic E-state index is 0.0392. The maximum Gasteiger partial charge on any atom is 0.267 e. The summed E-state index contributed by atoms with van der Waals surface area (Å²) in [6.45, 7) is 3.68. The Kier molecular flexibility index (Phi) is 4.86. The summed E-state index contributed by atoms with van der Waals surface area (Å²) >= 11 is 1.88. The Balaban J connectivity index is 1.31. The van der Waals surface area contributed by atoms with E-state index in [4.69, 9.17) is 0 Å². The summed E-state index contributed by atoms with van der Waals surface area (Å²) in [5, 5.41) is 4.62. The Hall–Kier alpha value is -1.34. The molecule has 0 aromatic carbocycles. The molecule has 2 fully saturated rings. The number of piperidine rings is 1. The molecule has 0 radical (unpaired) electrons. The fourth-order valence-corrected chi connectivity index (χ4v) is 5.10. The first kappa shape index (κ1) is 17.1. The van der Waals surface area contributed by atoms with Crippen LogP contribution in [0.4, 0.5) is 0 Å². The second-order valence-electron chi connectivity index (χ2n) is 7.57.